The average molecular weight is 457 g/mol. The molecule has 4 bridgehead atoms. The summed E-state index contributed by atoms with van der Waals surface area (Å²) < 4.78 is 6.63. The summed E-state index contributed by atoms with van der Waals surface area (Å²) in [6.45, 7) is 0.522. The van der Waals surface area contributed by atoms with E-state index in [-0.39, 0.29) is 15.6 Å². The summed E-state index contributed by atoms with van der Waals surface area (Å²) in [5.74, 6) is 2.50. The van der Waals surface area contributed by atoms with Crippen molar-refractivity contribution in [2.24, 2.45) is 17.3 Å². The van der Waals surface area contributed by atoms with E-state index >= 15 is 0 Å². The number of carbonyl (C=O) groups is 1. The first-order valence-electron chi connectivity index (χ1n) is 8.71. The maximum atomic E-state index is 13.1. The molecule has 4 fully saturated rings. The topological polar surface area (TPSA) is 38.3 Å². The second-order valence-corrected chi connectivity index (χ2v) is 10.6. The van der Waals surface area contributed by atoms with Crippen LogP contribution in [-0.2, 0) is 11.3 Å². The predicted molar refractivity (Wildman–Crippen MR) is 101 cm³/mol. The first kappa shape index (κ1) is 16.9. The van der Waals surface area contributed by atoms with Gasteiger partial charge in [0, 0.05) is 20.9 Å². The van der Waals surface area contributed by atoms with Crippen LogP contribution in [0.25, 0.3) is 0 Å². The molecule has 0 aliphatic heterocycles. The van der Waals surface area contributed by atoms with Crippen LogP contribution in [0.15, 0.2) is 22.7 Å². The van der Waals surface area contributed by atoms with E-state index in [1.54, 1.807) is 7.11 Å². The van der Waals surface area contributed by atoms with E-state index in [1.165, 1.54) is 19.3 Å². The molecule has 0 spiro atoms. The molecule has 5 rings (SSSR count). The summed E-state index contributed by atoms with van der Waals surface area (Å²) >= 11 is 7.48. The average Bonchev–Trinajstić information content (AvgIpc) is 2.50. The molecule has 0 heterocycles. The van der Waals surface area contributed by atoms with Crippen molar-refractivity contribution in [2.45, 2.75) is 49.4 Å². The van der Waals surface area contributed by atoms with Crippen LogP contribution in [-0.4, -0.2) is 17.3 Å². The Kier molecular flexibility index (Phi) is 4.23. The normalized spacial score (nSPS) is 36.6. The molecule has 4 saturated carbocycles. The van der Waals surface area contributed by atoms with Gasteiger partial charge in [0.25, 0.3) is 0 Å². The highest BCUT2D eigenvalue weighted by atomic mass is 79.9. The van der Waals surface area contributed by atoms with Crippen LogP contribution in [0, 0.1) is 17.3 Å². The molecule has 2 atom stereocenters. The van der Waals surface area contributed by atoms with Crippen molar-refractivity contribution in [1.29, 1.82) is 0 Å². The minimum atomic E-state index is -0.160. The number of methoxy groups -OCH3 is 1. The lowest BCUT2D eigenvalue weighted by Gasteiger charge is -2.59. The molecular formula is C19H23Br2NO2. The van der Waals surface area contributed by atoms with Crippen molar-refractivity contribution < 1.29 is 9.53 Å². The van der Waals surface area contributed by atoms with Gasteiger partial charge in [0.1, 0.15) is 5.75 Å². The second-order valence-electron chi connectivity index (χ2n) is 8.03. The van der Waals surface area contributed by atoms with Gasteiger partial charge in [-0.15, -0.1) is 0 Å². The monoisotopic (exact) mass is 455 g/mol. The third-order valence-electron chi connectivity index (χ3n) is 6.15. The zero-order valence-corrected chi connectivity index (χ0v) is 17.1. The van der Waals surface area contributed by atoms with E-state index in [4.69, 9.17) is 4.74 Å². The Morgan fingerprint density at radius 2 is 2.00 bits per heavy atom. The smallest absolute Gasteiger partial charge is 0.226 e. The van der Waals surface area contributed by atoms with Crippen LogP contribution >= 0.6 is 31.9 Å². The molecule has 1 N–H and O–H groups in total. The van der Waals surface area contributed by atoms with Crippen LogP contribution in [0.3, 0.4) is 0 Å². The molecule has 130 valence electrons. The summed E-state index contributed by atoms with van der Waals surface area (Å²) in [6.07, 6.45) is 6.95. The van der Waals surface area contributed by atoms with Crippen molar-refractivity contribution in [3.8, 4) is 5.75 Å². The van der Waals surface area contributed by atoms with E-state index in [0.29, 0.717) is 6.54 Å². The SMILES string of the molecule is COc1ccc(Br)cc1CNC(=O)C12CC3CC(CC(Br)(C3)C1)C2. The molecule has 1 amide bonds. The quantitative estimate of drug-likeness (QED) is 0.660. The fourth-order valence-corrected chi connectivity index (χ4v) is 7.53. The van der Waals surface area contributed by atoms with Crippen molar-refractivity contribution in [3.05, 3.63) is 28.2 Å². The van der Waals surface area contributed by atoms with Gasteiger partial charge in [-0.3, -0.25) is 4.79 Å². The number of hydrogen-bond donors (Lipinski definition) is 1. The molecule has 0 saturated heterocycles. The molecule has 1 aromatic rings. The van der Waals surface area contributed by atoms with Gasteiger partial charge in [0.15, 0.2) is 0 Å². The molecule has 1 aromatic carbocycles. The first-order chi connectivity index (χ1) is 11.4. The largest absolute Gasteiger partial charge is 0.496 e. The van der Waals surface area contributed by atoms with E-state index in [9.17, 15) is 4.79 Å². The fraction of sp³-hybridized carbons (Fsp3) is 0.632. The first-order valence-corrected chi connectivity index (χ1v) is 10.3. The summed E-state index contributed by atoms with van der Waals surface area (Å²) in [5.41, 5.74) is 0.853. The zero-order chi connectivity index (χ0) is 16.9. The highest BCUT2D eigenvalue weighted by Gasteiger charge is 2.59. The Hall–Kier alpha value is -0.550. The van der Waals surface area contributed by atoms with E-state index < -0.39 is 0 Å². The number of nitrogens with one attached hydrogen (secondary N) is 1. The highest BCUT2D eigenvalue weighted by Crippen LogP contribution is 2.64. The van der Waals surface area contributed by atoms with Gasteiger partial charge >= 0.3 is 0 Å². The second kappa shape index (κ2) is 6.01. The van der Waals surface area contributed by atoms with Gasteiger partial charge in [0.2, 0.25) is 5.91 Å². The maximum absolute atomic E-state index is 13.1. The fourth-order valence-electron chi connectivity index (χ4n) is 5.66. The number of carbonyl (C=O) groups excluding carboxylic acids is 1. The molecule has 0 radical (unpaired) electrons. The van der Waals surface area contributed by atoms with Crippen molar-refractivity contribution in [1.82, 2.24) is 5.32 Å². The highest BCUT2D eigenvalue weighted by molar-refractivity contribution is 9.10. The third kappa shape index (κ3) is 2.92. The molecule has 5 heteroatoms. The van der Waals surface area contributed by atoms with Crippen molar-refractivity contribution in [2.75, 3.05) is 7.11 Å². The standard InChI is InChI=1S/C19H23Br2NO2/c1-24-16-3-2-15(20)5-14(16)10-22-17(23)18-6-12-4-13(7-18)9-19(21,8-12)11-18/h2-3,5,12-13H,4,6-11H2,1H3,(H,22,23). The van der Waals surface area contributed by atoms with Gasteiger partial charge < -0.3 is 10.1 Å². The van der Waals surface area contributed by atoms with E-state index in [1.807, 2.05) is 18.2 Å². The summed E-state index contributed by atoms with van der Waals surface area (Å²) in [5, 5.41) is 3.21. The summed E-state index contributed by atoms with van der Waals surface area (Å²) in [7, 11) is 1.67. The van der Waals surface area contributed by atoms with Gasteiger partial charge in [-0.2, -0.15) is 0 Å². The molecule has 4 aliphatic carbocycles. The van der Waals surface area contributed by atoms with Gasteiger partial charge in [-0.25, -0.2) is 0 Å². The van der Waals surface area contributed by atoms with E-state index in [2.05, 4.69) is 37.2 Å². The minimum absolute atomic E-state index is 0.160. The molecule has 3 nitrogen and oxygen atoms in total. The lowest BCUT2D eigenvalue weighted by atomic mass is 9.49. The number of rotatable bonds is 4. The number of alkyl halides is 1. The van der Waals surface area contributed by atoms with Gasteiger partial charge in [-0.1, -0.05) is 31.9 Å². The Labute approximate surface area is 160 Å². The number of hydrogen-bond acceptors (Lipinski definition) is 2. The van der Waals surface area contributed by atoms with Crippen LogP contribution in [0.5, 0.6) is 5.75 Å². The molecule has 0 aromatic heterocycles. The van der Waals surface area contributed by atoms with Crippen LogP contribution in [0.4, 0.5) is 0 Å². The van der Waals surface area contributed by atoms with Gasteiger partial charge in [-0.05, 0) is 68.6 Å². The van der Waals surface area contributed by atoms with Crippen LogP contribution in [0.1, 0.15) is 44.1 Å². The lowest BCUT2D eigenvalue weighted by molar-refractivity contribution is -0.144. The summed E-state index contributed by atoms with van der Waals surface area (Å²) in [4.78, 5) is 13.1. The molecule has 2 unspecified atom stereocenters. The molecule has 4 aliphatic rings. The Morgan fingerprint density at radius 1 is 1.29 bits per heavy atom. The van der Waals surface area contributed by atoms with Crippen LogP contribution in [0.2, 0.25) is 0 Å². The van der Waals surface area contributed by atoms with Crippen molar-refractivity contribution in [3.63, 3.8) is 0 Å². The Balaban J connectivity index is 1.50. The Bertz CT molecular complexity index is 661. The predicted octanol–water partition coefficient (Wildman–Crippen LogP) is 4.81. The number of benzene rings is 1. The number of amides is 1. The number of ether oxygens (including phenoxy) is 1. The van der Waals surface area contributed by atoms with E-state index in [0.717, 1.165) is 46.9 Å². The Morgan fingerprint density at radius 3 is 2.62 bits per heavy atom. The zero-order valence-electron chi connectivity index (χ0n) is 13.9. The van der Waals surface area contributed by atoms with Crippen molar-refractivity contribution >= 4 is 37.8 Å². The summed E-state index contributed by atoms with van der Waals surface area (Å²) in [6, 6.07) is 5.91. The molecular weight excluding hydrogens is 434 g/mol. The minimum Gasteiger partial charge on any atom is -0.496 e. The lowest BCUT2D eigenvalue weighted by Crippen LogP contribution is -2.58. The maximum Gasteiger partial charge on any atom is 0.226 e. The van der Waals surface area contributed by atoms with Crippen LogP contribution < -0.4 is 10.1 Å². The number of halogens is 2. The van der Waals surface area contributed by atoms with Gasteiger partial charge in [0.05, 0.1) is 12.5 Å². The molecule has 24 heavy (non-hydrogen) atoms. The third-order valence-corrected chi connectivity index (χ3v) is 7.57.